The van der Waals surface area contributed by atoms with Gasteiger partial charge in [0.25, 0.3) is 0 Å². The first-order valence-electron chi connectivity index (χ1n) is 3.81. The maximum absolute atomic E-state index is 10.5. The molecule has 5 nitrogen and oxygen atoms in total. The number of carboxylic acid groups (broad SMARTS) is 2. The Labute approximate surface area is 80.3 Å². The summed E-state index contributed by atoms with van der Waals surface area (Å²) >= 11 is 1.06. The van der Waals surface area contributed by atoms with Gasteiger partial charge in [-0.2, -0.15) is 0 Å². The molecule has 0 aromatic rings. The zero-order valence-electron chi connectivity index (χ0n) is 7.27. The standard InChI is InChI=1S/C7H13NO4S/c1-2-5(7(11)12)13-3-4(8)6(9)10/h4-5H,2-3,8H2,1H3,(H,9,10)(H,11,12)/t4-,5?/m0/s1. The minimum atomic E-state index is -1.10. The fraction of sp³-hybridized carbons (Fsp3) is 0.714. The van der Waals surface area contributed by atoms with E-state index in [0.717, 1.165) is 11.8 Å². The predicted molar refractivity (Wildman–Crippen MR) is 49.8 cm³/mol. The van der Waals surface area contributed by atoms with E-state index in [1.807, 2.05) is 0 Å². The molecule has 0 saturated carbocycles. The van der Waals surface area contributed by atoms with Crippen molar-refractivity contribution in [3.8, 4) is 0 Å². The number of carbonyl (C=O) groups is 2. The summed E-state index contributed by atoms with van der Waals surface area (Å²) in [6.45, 7) is 1.73. The molecule has 76 valence electrons. The number of nitrogens with two attached hydrogens (primary N) is 1. The minimum Gasteiger partial charge on any atom is -0.480 e. The molecule has 0 rings (SSSR count). The van der Waals surface area contributed by atoms with E-state index in [0.29, 0.717) is 6.42 Å². The van der Waals surface area contributed by atoms with Crippen LogP contribution in [0.3, 0.4) is 0 Å². The number of hydrogen-bond donors (Lipinski definition) is 3. The van der Waals surface area contributed by atoms with Gasteiger partial charge in [-0.15, -0.1) is 11.8 Å². The zero-order chi connectivity index (χ0) is 10.4. The maximum atomic E-state index is 10.5. The average Bonchev–Trinajstić information content (AvgIpc) is 2.04. The molecule has 0 aromatic carbocycles. The van der Waals surface area contributed by atoms with Gasteiger partial charge >= 0.3 is 11.9 Å². The fourth-order valence-electron chi connectivity index (χ4n) is 0.655. The first-order valence-corrected chi connectivity index (χ1v) is 4.86. The summed E-state index contributed by atoms with van der Waals surface area (Å²) in [6, 6.07) is -0.988. The molecule has 0 radical (unpaired) electrons. The van der Waals surface area contributed by atoms with Gasteiger partial charge in [0.2, 0.25) is 0 Å². The number of thioether (sulfide) groups is 1. The monoisotopic (exact) mass is 207 g/mol. The van der Waals surface area contributed by atoms with E-state index >= 15 is 0 Å². The summed E-state index contributed by atoms with van der Waals surface area (Å²) < 4.78 is 0. The second-order valence-electron chi connectivity index (χ2n) is 2.51. The van der Waals surface area contributed by atoms with Crippen LogP contribution < -0.4 is 5.73 Å². The summed E-state index contributed by atoms with van der Waals surface area (Å²) in [5.41, 5.74) is 5.21. The molecule has 1 unspecified atom stereocenters. The molecule has 13 heavy (non-hydrogen) atoms. The van der Waals surface area contributed by atoms with Crippen LogP contribution in [-0.4, -0.2) is 39.2 Å². The third-order valence-electron chi connectivity index (χ3n) is 1.44. The van der Waals surface area contributed by atoms with E-state index in [2.05, 4.69) is 0 Å². The predicted octanol–water partition coefficient (Wildman–Crippen LogP) is -0.00530. The minimum absolute atomic E-state index is 0.125. The van der Waals surface area contributed by atoms with Crippen LogP contribution >= 0.6 is 11.8 Å². The zero-order valence-corrected chi connectivity index (χ0v) is 8.08. The van der Waals surface area contributed by atoms with Gasteiger partial charge < -0.3 is 15.9 Å². The Bertz CT molecular complexity index is 197. The summed E-state index contributed by atoms with van der Waals surface area (Å²) in [4.78, 5) is 20.8. The van der Waals surface area contributed by atoms with Crippen molar-refractivity contribution in [2.45, 2.75) is 24.6 Å². The lowest BCUT2D eigenvalue weighted by molar-refractivity contribution is -0.138. The largest absolute Gasteiger partial charge is 0.480 e. The van der Waals surface area contributed by atoms with Crippen LogP contribution in [0.25, 0.3) is 0 Å². The van der Waals surface area contributed by atoms with Crippen LogP contribution in [0.2, 0.25) is 0 Å². The van der Waals surface area contributed by atoms with E-state index < -0.39 is 23.2 Å². The molecule has 0 bridgehead atoms. The normalized spacial score (nSPS) is 14.9. The SMILES string of the molecule is CCC(SC[C@H](N)C(=O)O)C(=O)O. The number of hydrogen-bond acceptors (Lipinski definition) is 4. The lowest BCUT2D eigenvalue weighted by atomic mass is 10.3. The highest BCUT2D eigenvalue weighted by molar-refractivity contribution is 8.00. The lowest BCUT2D eigenvalue weighted by Crippen LogP contribution is -2.33. The Morgan fingerprint density at radius 2 is 1.92 bits per heavy atom. The van der Waals surface area contributed by atoms with E-state index in [4.69, 9.17) is 15.9 Å². The summed E-state index contributed by atoms with van der Waals surface area (Å²) in [6.07, 6.45) is 0.465. The summed E-state index contributed by atoms with van der Waals surface area (Å²) in [5, 5.41) is 16.5. The maximum Gasteiger partial charge on any atom is 0.321 e. The van der Waals surface area contributed by atoms with E-state index in [1.165, 1.54) is 0 Å². The Balaban J connectivity index is 3.85. The molecule has 0 aliphatic heterocycles. The number of rotatable bonds is 6. The van der Waals surface area contributed by atoms with E-state index in [9.17, 15) is 9.59 Å². The Hall–Kier alpha value is -0.750. The number of carboxylic acids is 2. The highest BCUT2D eigenvalue weighted by Crippen LogP contribution is 2.15. The molecular formula is C7H13NO4S. The van der Waals surface area contributed by atoms with Gasteiger partial charge in [0, 0.05) is 5.75 Å². The Morgan fingerprint density at radius 3 is 2.23 bits per heavy atom. The third-order valence-corrected chi connectivity index (χ3v) is 2.93. The van der Waals surface area contributed by atoms with E-state index in [1.54, 1.807) is 6.92 Å². The molecule has 0 aromatic heterocycles. The van der Waals surface area contributed by atoms with Crippen molar-refractivity contribution in [2.75, 3.05) is 5.75 Å². The molecule has 6 heteroatoms. The molecule has 0 saturated heterocycles. The van der Waals surface area contributed by atoms with Gasteiger partial charge in [-0.3, -0.25) is 9.59 Å². The van der Waals surface area contributed by atoms with Gasteiger partial charge in [0.1, 0.15) is 11.3 Å². The quantitative estimate of drug-likeness (QED) is 0.566. The van der Waals surface area contributed by atoms with Crippen molar-refractivity contribution < 1.29 is 19.8 Å². The lowest BCUT2D eigenvalue weighted by Gasteiger charge is -2.10. The van der Waals surface area contributed by atoms with Gasteiger partial charge in [0.15, 0.2) is 0 Å². The molecular weight excluding hydrogens is 194 g/mol. The summed E-state index contributed by atoms with van der Waals surface area (Å²) in [7, 11) is 0. The highest BCUT2D eigenvalue weighted by atomic mass is 32.2. The molecule has 2 atom stereocenters. The third kappa shape index (κ3) is 4.74. The van der Waals surface area contributed by atoms with Crippen LogP contribution in [-0.2, 0) is 9.59 Å². The first-order chi connectivity index (χ1) is 5.99. The van der Waals surface area contributed by atoms with Gasteiger partial charge in [-0.05, 0) is 6.42 Å². The fourth-order valence-corrected chi connectivity index (χ4v) is 1.62. The number of aliphatic carboxylic acids is 2. The molecule has 0 heterocycles. The van der Waals surface area contributed by atoms with Gasteiger partial charge in [-0.25, -0.2) is 0 Å². The van der Waals surface area contributed by atoms with Crippen LogP contribution in [0.4, 0.5) is 0 Å². The topological polar surface area (TPSA) is 101 Å². The van der Waals surface area contributed by atoms with Crippen molar-refractivity contribution >= 4 is 23.7 Å². The van der Waals surface area contributed by atoms with Gasteiger partial charge in [-0.1, -0.05) is 6.92 Å². The molecule has 0 aliphatic carbocycles. The second kappa shape index (κ2) is 5.82. The van der Waals surface area contributed by atoms with Crippen LogP contribution in [0, 0.1) is 0 Å². The van der Waals surface area contributed by atoms with Crippen molar-refractivity contribution in [1.29, 1.82) is 0 Å². The molecule has 0 amide bonds. The smallest absolute Gasteiger partial charge is 0.321 e. The van der Waals surface area contributed by atoms with Gasteiger partial charge in [0.05, 0.1) is 0 Å². The molecule has 0 aliphatic rings. The van der Waals surface area contributed by atoms with Crippen molar-refractivity contribution in [2.24, 2.45) is 5.73 Å². The van der Waals surface area contributed by atoms with E-state index in [-0.39, 0.29) is 5.75 Å². The van der Waals surface area contributed by atoms with Crippen molar-refractivity contribution in [1.82, 2.24) is 0 Å². The molecule has 0 spiro atoms. The van der Waals surface area contributed by atoms with Crippen LogP contribution in [0.5, 0.6) is 0 Å². The second-order valence-corrected chi connectivity index (χ2v) is 3.75. The molecule has 4 N–H and O–H groups in total. The van der Waals surface area contributed by atoms with Crippen LogP contribution in [0.1, 0.15) is 13.3 Å². The Morgan fingerprint density at radius 1 is 1.38 bits per heavy atom. The van der Waals surface area contributed by atoms with Crippen LogP contribution in [0.15, 0.2) is 0 Å². The first kappa shape index (κ1) is 12.2. The molecule has 0 fully saturated rings. The average molecular weight is 207 g/mol. The van der Waals surface area contributed by atoms with Crippen molar-refractivity contribution in [3.63, 3.8) is 0 Å². The Kier molecular flexibility index (Phi) is 5.48. The summed E-state index contributed by atoms with van der Waals surface area (Å²) in [5.74, 6) is -1.90. The van der Waals surface area contributed by atoms with Crippen molar-refractivity contribution in [3.05, 3.63) is 0 Å². The highest BCUT2D eigenvalue weighted by Gasteiger charge is 2.19.